The van der Waals surface area contributed by atoms with E-state index >= 15 is 0 Å². The summed E-state index contributed by atoms with van der Waals surface area (Å²) in [4.78, 5) is 26.7. The van der Waals surface area contributed by atoms with Crippen LogP contribution in [0.1, 0.15) is 29.9 Å². The zero-order valence-electron chi connectivity index (χ0n) is 18.5. The number of hydrogen-bond acceptors (Lipinski definition) is 6. The highest BCUT2D eigenvalue weighted by atomic mass is 32.2. The molecule has 1 aromatic heterocycles. The lowest BCUT2D eigenvalue weighted by molar-refractivity contribution is -0.121. The summed E-state index contributed by atoms with van der Waals surface area (Å²) in [6.07, 6.45) is 0. The Morgan fingerprint density at radius 3 is 2.78 bits per heavy atom. The van der Waals surface area contributed by atoms with Gasteiger partial charge in [0, 0.05) is 12.7 Å². The number of carbonyl (C=O) groups excluding carboxylic acids is 2. The number of nitrogens with one attached hydrogen (secondary N) is 1. The van der Waals surface area contributed by atoms with Crippen molar-refractivity contribution in [2.45, 2.75) is 32.0 Å². The van der Waals surface area contributed by atoms with Crippen molar-refractivity contribution in [3.05, 3.63) is 59.4 Å². The van der Waals surface area contributed by atoms with E-state index in [9.17, 15) is 9.59 Å². The lowest BCUT2D eigenvalue weighted by Gasteiger charge is -2.33. The summed E-state index contributed by atoms with van der Waals surface area (Å²) in [6, 6.07) is 13.0. The first-order chi connectivity index (χ1) is 15.3. The number of fused-ring (bicyclic) bond motifs is 1. The van der Waals surface area contributed by atoms with E-state index in [2.05, 4.69) is 15.5 Å². The minimum Gasteiger partial charge on any atom is -0.482 e. The molecule has 0 saturated carbocycles. The number of amides is 2. The number of anilines is 2. The Balaban J connectivity index is 1.45. The average molecular weight is 452 g/mol. The fourth-order valence-corrected chi connectivity index (χ4v) is 4.47. The van der Waals surface area contributed by atoms with Gasteiger partial charge in [-0.25, -0.2) is 0 Å². The van der Waals surface area contributed by atoms with Gasteiger partial charge in [-0.05, 0) is 44.5 Å². The third-order valence-electron chi connectivity index (χ3n) is 5.36. The quantitative estimate of drug-likeness (QED) is 0.576. The molecule has 0 saturated heterocycles. The van der Waals surface area contributed by atoms with Gasteiger partial charge >= 0.3 is 0 Å². The highest BCUT2D eigenvalue weighted by Gasteiger charge is 2.32. The zero-order chi connectivity index (χ0) is 22.8. The lowest BCUT2D eigenvalue weighted by atomic mass is 10.1. The van der Waals surface area contributed by atoms with Gasteiger partial charge in [-0.15, -0.1) is 10.2 Å². The molecule has 8 nitrogen and oxygen atoms in total. The minimum atomic E-state index is -0.344. The molecule has 1 aliphatic heterocycles. The number of nitrogens with zero attached hydrogens (tertiary/aromatic N) is 4. The summed E-state index contributed by atoms with van der Waals surface area (Å²) in [6.45, 7) is 5.88. The van der Waals surface area contributed by atoms with Crippen molar-refractivity contribution in [2.24, 2.45) is 7.05 Å². The number of aryl methyl sites for hydroxylation is 2. The molecular weight excluding hydrogens is 426 g/mol. The standard InChI is InChI=1S/C23H25N5O3S/c1-14-9-10-17(15(2)11-14)24-20(29)13-32-23-26-25-22(27(23)4)16(3)28-18-7-5-6-8-19(18)31-12-21(28)30/h5-11,16H,12-13H2,1-4H3,(H,24,29). The number of para-hydroxylation sites is 2. The van der Waals surface area contributed by atoms with Gasteiger partial charge in [0.2, 0.25) is 5.91 Å². The molecule has 3 aromatic rings. The second kappa shape index (κ2) is 9.04. The number of ether oxygens (including phenoxy) is 1. The van der Waals surface area contributed by atoms with Crippen molar-refractivity contribution in [3.8, 4) is 5.75 Å². The van der Waals surface area contributed by atoms with Gasteiger partial charge in [-0.2, -0.15) is 0 Å². The van der Waals surface area contributed by atoms with Crippen molar-refractivity contribution in [1.29, 1.82) is 0 Å². The van der Waals surface area contributed by atoms with Gasteiger partial charge in [-0.3, -0.25) is 14.5 Å². The zero-order valence-corrected chi connectivity index (χ0v) is 19.3. The monoisotopic (exact) mass is 451 g/mol. The molecule has 4 rings (SSSR count). The number of thioether (sulfide) groups is 1. The fraction of sp³-hybridized carbons (Fsp3) is 0.304. The molecular formula is C23H25N5O3S. The molecule has 0 spiro atoms. The van der Waals surface area contributed by atoms with E-state index in [1.807, 2.05) is 74.9 Å². The molecule has 0 fully saturated rings. The number of hydrogen-bond donors (Lipinski definition) is 1. The summed E-state index contributed by atoms with van der Waals surface area (Å²) in [5.74, 6) is 1.25. The molecule has 0 bridgehead atoms. The highest BCUT2D eigenvalue weighted by molar-refractivity contribution is 7.99. The topological polar surface area (TPSA) is 89.3 Å². The molecule has 2 heterocycles. The molecule has 1 atom stereocenters. The Kier molecular flexibility index (Phi) is 6.18. The number of aromatic nitrogens is 3. The minimum absolute atomic E-state index is 0.0145. The van der Waals surface area contributed by atoms with Crippen LogP contribution in [-0.4, -0.2) is 38.9 Å². The molecule has 1 N–H and O–H groups in total. The Bertz CT molecular complexity index is 1180. The Morgan fingerprint density at radius 1 is 1.22 bits per heavy atom. The lowest BCUT2D eigenvalue weighted by Crippen LogP contribution is -2.41. The maximum absolute atomic E-state index is 12.6. The summed E-state index contributed by atoms with van der Waals surface area (Å²) < 4.78 is 7.36. The van der Waals surface area contributed by atoms with Crippen molar-refractivity contribution in [3.63, 3.8) is 0 Å². The first kappa shape index (κ1) is 21.9. The van der Waals surface area contributed by atoms with Crippen LogP contribution in [0, 0.1) is 13.8 Å². The molecule has 166 valence electrons. The summed E-state index contributed by atoms with van der Waals surface area (Å²) in [5, 5.41) is 12.1. The largest absolute Gasteiger partial charge is 0.482 e. The molecule has 2 aromatic carbocycles. The van der Waals surface area contributed by atoms with Crippen LogP contribution in [0.4, 0.5) is 11.4 Å². The molecule has 0 radical (unpaired) electrons. The van der Waals surface area contributed by atoms with E-state index < -0.39 is 0 Å². The second-order valence-electron chi connectivity index (χ2n) is 7.75. The van der Waals surface area contributed by atoms with Crippen LogP contribution in [-0.2, 0) is 16.6 Å². The van der Waals surface area contributed by atoms with Crippen molar-refractivity contribution in [2.75, 3.05) is 22.6 Å². The fourth-order valence-electron chi connectivity index (χ4n) is 3.75. The first-order valence-corrected chi connectivity index (χ1v) is 11.3. The second-order valence-corrected chi connectivity index (χ2v) is 8.69. The molecule has 2 amide bonds. The van der Waals surface area contributed by atoms with Crippen molar-refractivity contribution >= 4 is 35.0 Å². The van der Waals surface area contributed by atoms with Crippen LogP contribution < -0.4 is 15.0 Å². The summed E-state index contributed by atoms with van der Waals surface area (Å²) in [5.41, 5.74) is 3.69. The van der Waals surface area contributed by atoms with E-state index in [0.29, 0.717) is 22.4 Å². The van der Waals surface area contributed by atoms with Crippen LogP contribution in [0.15, 0.2) is 47.6 Å². The SMILES string of the molecule is Cc1ccc(NC(=O)CSc2nnc(C(C)N3C(=O)COc4ccccc43)n2C)c(C)c1. The van der Waals surface area contributed by atoms with Crippen LogP contribution in [0.5, 0.6) is 5.75 Å². The molecule has 1 aliphatic rings. The van der Waals surface area contributed by atoms with Gasteiger partial charge < -0.3 is 14.6 Å². The third kappa shape index (κ3) is 4.34. The average Bonchev–Trinajstić information content (AvgIpc) is 3.14. The van der Waals surface area contributed by atoms with Gasteiger partial charge in [0.05, 0.1) is 17.5 Å². The van der Waals surface area contributed by atoms with E-state index in [4.69, 9.17) is 4.74 Å². The van der Waals surface area contributed by atoms with Crippen LogP contribution in [0.3, 0.4) is 0 Å². The summed E-state index contributed by atoms with van der Waals surface area (Å²) >= 11 is 1.30. The molecule has 1 unspecified atom stereocenters. The van der Waals surface area contributed by atoms with Crippen LogP contribution >= 0.6 is 11.8 Å². The number of carbonyl (C=O) groups is 2. The van der Waals surface area contributed by atoms with E-state index in [-0.39, 0.29) is 30.2 Å². The highest BCUT2D eigenvalue weighted by Crippen LogP contribution is 2.37. The van der Waals surface area contributed by atoms with E-state index in [0.717, 1.165) is 16.8 Å². The Hall–Kier alpha value is -3.33. The van der Waals surface area contributed by atoms with Gasteiger partial charge in [0.15, 0.2) is 17.6 Å². The maximum atomic E-state index is 12.6. The number of rotatable bonds is 6. The van der Waals surface area contributed by atoms with Crippen molar-refractivity contribution in [1.82, 2.24) is 14.8 Å². The Labute approximate surface area is 191 Å². The Morgan fingerprint density at radius 2 is 2.00 bits per heavy atom. The number of benzene rings is 2. The van der Waals surface area contributed by atoms with Crippen LogP contribution in [0.2, 0.25) is 0 Å². The van der Waals surface area contributed by atoms with Crippen LogP contribution in [0.25, 0.3) is 0 Å². The predicted molar refractivity (Wildman–Crippen MR) is 124 cm³/mol. The predicted octanol–water partition coefficient (Wildman–Crippen LogP) is 3.65. The van der Waals surface area contributed by atoms with Crippen molar-refractivity contribution < 1.29 is 14.3 Å². The van der Waals surface area contributed by atoms with E-state index in [1.165, 1.54) is 11.8 Å². The van der Waals surface area contributed by atoms with Gasteiger partial charge in [0.25, 0.3) is 5.91 Å². The van der Waals surface area contributed by atoms with Gasteiger partial charge in [0.1, 0.15) is 5.75 Å². The maximum Gasteiger partial charge on any atom is 0.265 e. The molecule has 32 heavy (non-hydrogen) atoms. The molecule has 9 heteroatoms. The molecule has 0 aliphatic carbocycles. The smallest absolute Gasteiger partial charge is 0.265 e. The van der Waals surface area contributed by atoms with Gasteiger partial charge in [-0.1, -0.05) is 41.6 Å². The van der Waals surface area contributed by atoms with E-state index in [1.54, 1.807) is 4.90 Å². The first-order valence-electron chi connectivity index (χ1n) is 10.3. The third-order valence-corrected chi connectivity index (χ3v) is 6.38. The summed E-state index contributed by atoms with van der Waals surface area (Å²) in [7, 11) is 1.84. The normalized spacial score (nSPS) is 14.0.